The second kappa shape index (κ2) is 3.57. The fourth-order valence-electron chi connectivity index (χ4n) is 1.53. The van der Waals surface area contributed by atoms with E-state index in [1.54, 1.807) is 6.20 Å². The third kappa shape index (κ3) is 1.53. The van der Waals surface area contributed by atoms with E-state index < -0.39 is 0 Å². The predicted octanol–water partition coefficient (Wildman–Crippen LogP) is 2.67. The number of nitrogens with zero attached hydrogens (tertiary/aromatic N) is 3. The van der Waals surface area contributed by atoms with Gasteiger partial charge in [0.25, 0.3) is 0 Å². The Hall–Kier alpha value is -1.94. The van der Waals surface area contributed by atoms with Gasteiger partial charge in [-0.25, -0.2) is 9.97 Å². The predicted molar refractivity (Wildman–Crippen MR) is 62.1 cm³/mol. The van der Waals surface area contributed by atoms with Gasteiger partial charge >= 0.3 is 0 Å². The van der Waals surface area contributed by atoms with E-state index in [9.17, 15) is 0 Å². The van der Waals surface area contributed by atoms with Crippen LogP contribution >= 0.6 is 11.6 Å². The fraction of sp³-hybridized carbons (Fsp3) is 0. The summed E-state index contributed by atoms with van der Waals surface area (Å²) in [5.41, 5.74) is 2.52. The Morgan fingerprint density at radius 3 is 2.75 bits per heavy atom. The Morgan fingerprint density at radius 2 is 1.94 bits per heavy atom. The molecule has 0 radical (unpaired) electrons. The second-order valence-corrected chi connectivity index (χ2v) is 3.72. The van der Waals surface area contributed by atoms with Crippen molar-refractivity contribution in [2.75, 3.05) is 0 Å². The van der Waals surface area contributed by atoms with Crippen LogP contribution in [-0.2, 0) is 0 Å². The minimum absolute atomic E-state index is 0.359. The minimum Gasteiger partial charge on any atom is -0.337 e. The quantitative estimate of drug-likeness (QED) is 0.699. The van der Waals surface area contributed by atoms with E-state index in [-0.39, 0.29) is 0 Å². The number of imidazole rings is 1. The summed E-state index contributed by atoms with van der Waals surface area (Å²) >= 11 is 5.78. The zero-order valence-corrected chi connectivity index (χ0v) is 8.94. The maximum atomic E-state index is 5.78. The van der Waals surface area contributed by atoms with Crippen molar-refractivity contribution in [2.24, 2.45) is 0 Å². The lowest BCUT2D eigenvalue weighted by atomic mass is 10.3. The van der Waals surface area contributed by atoms with Crippen molar-refractivity contribution in [3.05, 3.63) is 41.8 Å². The summed E-state index contributed by atoms with van der Waals surface area (Å²) in [5.74, 6) is 0.677. The van der Waals surface area contributed by atoms with E-state index >= 15 is 0 Å². The summed E-state index contributed by atoms with van der Waals surface area (Å²) < 4.78 is 0. The van der Waals surface area contributed by atoms with Gasteiger partial charge < -0.3 is 4.98 Å². The van der Waals surface area contributed by atoms with E-state index in [0.29, 0.717) is 16.7 Å². The third-order valence-electron chi connectivity index (χ3n) is 2.24. The maximum Gasteiger partial charge on any atom is 0.158 e. The molecule has 78 valence electrons. The van der Waals surface area contributed by atoms with Gasteiger partial charge in [-0.15, -0.1) is 0 Å². The van der Waals surface area contributed by atoms with E-state index in [1.165, 1.54) is 6.20 Å². The van der Waals surface area contributed by atoms with Crippen LogP contribution in [0.2, 0.25) is 5.15 Å². The number of fused-ring (bicyclic) bond motifs is 1. The topological polar surface area (TPSA) is 54.5 Å². The van der Waals surface area contributed by atoms with E-state index in [4.69, 9.17) is 11.6 Å². The van der Waals surface area contributed by atoms with Crippen molar-refractivity contribution < 1.29 is 0 Å². The van der Waals surface area contributed by atoms with Gasteiger partial charge in [0.15, 0.2) is 5.82 Å². The van der Waals surface area contributed by atoms with Crippen LogP contribution in [0.15, 0.2) is 36.7 Å². The molecule has 5 heteroatoms. The Labute approximate surface area is 96.3 Å². The Balaban J connectivity index is 2.19. The number of aromatic nitrogens is 4. The summed E-state index contributed by atoms with van der Waals surface area (Å²) in [6.45, 7) is 0. The first kappa shape index (κ1) is 9.30. The Bertz CT molecular complexity index is 614. The summed E-state index contributed by atoms with van der Waals surface area (Å²) in [5, 5.41) is 0.359. The number of benzene rings is 1. The fourth-order valence-corrected chi connectivity index (χ4v) is 1.68. The first-order valence-electron chi connectivity index (χ1n) is 4.75. The number of rotatable bonds is 1. The first-order chi connectivity index (χ1) is 7.83. The molecule has 0 atom stereocenters. The average molecular weight is 231 g/mol. The molecule has 2 heterocycles. The largest absolute Gasteiger partial charge is 0.337 e. The third-order valence-corrected chi connectivity index (χ3v) is 2.42. The van der Waals surface area contributed by atoms with Crippen molar-refractivity contribution in [1.29, 1.82) is 0 Å². The summed E-state index contributed by atoms with van der Waals surface area (Å²) in [4.78, 5) is 15.7. The van der Waals surface area contributed by atoms with Crippen LogP contribution in [-0.4, -0.2) is 19.9 Å². The lowest BCUT2D eigenvalue weighted by Gasteiger charge is -1.94. The second-order valence-electron chi connectivity index (χ2n) is 3.33. The van der Waals surface area contributed by atoms with Crippen LogP contribution in [0.3, 0.4) is 0 Å². The number of aromatic amines is 1. The van der Waals surface area contributed by atoms with Crippen LogP contribution in [0.1, 0.15) is 0 Å². The van der Waals surface area contributed by atoms with Crippen LogP contribution in [0.5, 0.6) is 0 Å². The molecule has 0 saturated heterocycles. The summed E-state index contributed by atoms with van der Waals surface area (Å²) in [7, 11) is 0. The number of H-pyrrole nitrogens is 1. The van der Waals surface area contributed by atoms with Crippen LogP contribution in [0, 0.1) is 0 Å². The molecule has 1 N–H and O–H groups in total. The van der Waals surface area contributed by atoms with Crippen LogP contribution in [0.25, 0.3) is 22.6 Å². The lowest BCUT2D eigenvalue weighted by molar-refractivity contribution is 1.17. The number of hydrogen-bond donors (Lipinski definition) is 1. The van der Waals surface area contributed by atoms with Crippen LogP contribution in [0.4, 0.5) is 0 Å². The van der Waals surface area contributed by atoms with Crippen molar-refractivity contribution >= 4 is 22.6 Å². The summed E-state index contributed by atoms with van der Waals surface area (Å²) in [6, 6.07) is 7.79. The van der Waals surface area contributed by atoms with Gasteiger partial charge in [-0.3, -0.25) is 4.98 Å². The molecule has 0 saturated carbocycles. The van der Waals surface area contributed by atoms with Gasteiger partial charge in [0.05, 0.1) is 23.4 Å². The van der Waals surface area contributed by atoms with Crippen molar-refractivity contribution in [2.45, 2.75) is 0 Å². The molecule has 0 fully saturated rings. The molecule has 3 rings (SSSR count). The van der Waals surface area contributed by atoms with Gasteiger partial charge in [0.1, 0.15) is 10.8 Å². The molecule has 0 bridgehead atoms. The molecule has 0 amide bonds. The number of para-hydroxylation sites is 2. The van der Waals surface area contributed by atoms with E-state index in [1.807, 2.05) is 24.3 Å². The normalized spacial score (nSPS) is 10.8. The molecule has 0 spiro atoms. The SMILES string of the molecule is Clc1cncc(-c2nc3ccccc3[nH]2)n1. The zero-order valence-electron chi connectivity index (χ0n) is 8.18. The van der Waals surface area contributed by atoms with Gasteiger partial charge in [-0.1, -0.05) is 23.7 Å². The molecular formula is C11H7ClN4. The highest BCUT2D eigenvalue weighted by Gasteiger charge is 2.06. The van der Waals surface area contributed by atoms with Gasteiger partial charge in [-0.2, -0.15) is 0 Å². The molecule has 0 aliphatic carbocycles. The first-order valence-corrected chi connectivity index (χ1v) is 5.13. The van der Waals surface area contributed by atoms with Crippen molar-refractivity contribution in [3.63, 3.8) is 0 Å². The molecule has 4 nitrogen and oxygen atoms in total. The van der Waals surface area contributed by atoms with Crippen molar-refractivity contribution in [1.82, 2.24) is 19.9 Å². The maximum absolute atomic E-state index is 5.78. The number of halogens is 1. The monoisotopic (exact) mass is 230 g/mol. The molecule has 0 aliphatic heterocycles. The van der Waals surface area contributed by atoms with Gasteiger partial charge in [0, 0.05) is 0 Å². The van der Waals surface area contributed by atoms with Gasteiger partial charge in [0.2, 0.25) is 0 Å². The highest BCUT2D eigenvalue weighted by molar-refractivity contribution is 6.29. The molecule has 3 aromatic rings. The average Bonchev–Trinajstić information content (AvgIpc) is 2.72. The van der Waals surface area contributed by atoms with Crippen molar-refractivity contribution in [3.8, 4) is 11.5 Å². The minimum atomic E-state index is 0.359. The Morgan fingerprint density at radius 1 is 1.06 bits per heavy atom. The molecule has 0 unspecified atom stereocenters. The van der Waals surface area contributed by atoms with E-state index in [0.717, 1.165) is 11.0 Å². The molecule has 0 aliphatic rings. The lowest BCUT2D eigenvalue weighted by Crippen LogP contribution is -1.87. The molecule has 1 aromatic carbocycles. The highest BCUT2D eigenvalue weighted by Crippen LogP contribution is 2.18. The van der Waals surface area contributed by atoms with E-state index in [2.05, 4.69) is 19.9 Å². The van der Waals surface area contributed by atoms with Gasteiger partial charge in [-0.05, 0) is 12.1 Å². The van der Waals surface area contributed by atoms with Crippen LogP contribution < -0.4 is 0 Å². The zero-order chi connectivity index (χ0) is 11.0. The highest BCUT2D eigenvalue weighted by atomic mass is 35.5. The summed E-state index contributed by atoms with van der Waals surface area (Å²) in [6.07, 6.45) is 3.12. The molecular weight excluding hydrogens is 224 g/mol. The number of hydrogen-bond acceptors (Lipinski definition) is 3. The smallest absolute Gasteiger partial charge is 0.158 e. The standard InChI is InChI=1S/C11H7ClN4/c12-10-6-13-5-9(14-10)11-15-7-3-1-2-4-8(7)16-11/h1-6H,(H,15,16). The Kier molecular flexibility index (Phi) is 2.08. The molecule has 2 aromatic heterocycles. The molecule has 16 heavy (non-hydrogen) atoms. The number of nitrogens with one attached hydrogen (secondary N) is 1.